The number of fused-ring (bicyclic) bond motifs is 1. The van der Waals surface area contributed by atoms with Crippen LogP contribution in [0.15, 0.2) is 5.38 Å². The van der Waals surface area contributed by atoms with E-state index in [-0.39, 0.29) is 21.2 Å². The second-order valence-corrected chi connectivity index (χ2v) is 5.84. The van der Waals surface area contributed by atoms with Crippen molar-refractivity contribution in [2.45, 2.75) is 6.92 Å². The Kier molecular flexibility index (Phi) is 2.71. The number of hydrogen-bond acceptors (Lipinski definition) is 3. The number of alkyl halides is 1. The molecule has 5 heteroatoms. The first-order valence-electron chi connectivity index (χ1n) is 3.63. The molecule has 2 aromatic rings. The molecule has 0 aliphatic rings. The van der Waals surface area contributed by atoms with Crippen LogP contribution in [0.2, 0.25) is 5.02 Å². The van der Waals surface area contributed by atoms with Gasteiger partial charge in [-0.25, -0.2) is 0 Å². The van der Waals surface area contributed by atoms with Crippen LogP contribution in [0.3, 0.4) is 0 Å². The number of nitrogens with zero attached hydrogens (tertiary/aromatic N) is 2. The summed E-state index contributed by atoms with van der Waals surface area (Å²) in [6.45, 7) is 1.99. The first-order valence-corrected chi connectivity index (χ1v) is 8.12. The van der Waals surface area contributed by atoms with Crippen molar-refractivity contribution in [3.63, 3.8) is 0 Å². The Balaban J connectivity index is 2.79. The molecule has 0 saturated heterocycles. The van der Waals surface area contributed by atoms with Gasteiger partial charge >= 0.3 is 96.1 Å². The fourth-order valence-electron chi connectivity index (χ4n) is 1.12. The molecule has 0 saturated carbocycles. The van der Waals surface area contributed by atoms with Crippen LogP contribution >= 0.6 is 22.9 Å². The molecule has 13 heavy (non-hydrogen) atoms. The minimum absolute atomic E-state index is 0.0316. The van der Waals surface area contributed by atoms with E-state index in [1.165, 1.54) is 0 Å². The van der Waals surface area contributed by atoms with Crippen LogP contribution in [0.4, 0.5) is 0 Å². The SMILES string of the molecule is C[I-]c1nc(C)c2c(Cl)csc2n1. The van der Waals surface area contributed by atoms with Crippen LogP contribution < -0.4 is 21.2 Å². The summed E-state index contributed by atoms with van der Waals surface area (Å²) >= 11 is 7.57. The van der Waals surface area contributed by atoms with Gasteiger partial charge in [-0.05, 0) is 0 Å². The van der Waals surface area contributed by atoms with Crippen LogP contribution in [0.25, 0.3) is 10.2 Å². The molecule has 0 atom stereocenters. The summed E-state index contributed by atoms with van der Waals surface area (Å²) in [7, 11) is 0. The van der Waals surface area contributed by atoms with Crippen molar-refractivity contribution in [2.24, 2.45) is 0 Å². The van der Waals surface area contributed by atoms with Gasteiger partial charge in [0, 0.05) is 0 Å². The average Bonchev–Trinajstić information content (AvgIpc) is 2.48. The Morgan fingerprint density at radius 1 is 1.46 bits per heavy atom. The van der Waals surface area contributed by atoms with Gasteiger partial charge in [-0.2, -0.15) is 0 Å². The summed E-state index contributed by atoms with van der Waals surface area (Å²) in [5.41, 5.74) is 1.01. The van der Waals surface area contributed by atoms with Crippen LogP contribution in [0, 0.1) is 10.8 Å². The molecular formula is C8H7ClIN2S-. The van der Waals surface area contributed by atoms with Crippen molar-refractivity contribution in [3.8, 4) is 0 Å². The van der Waals surface area contributed by atoms with Gasteiger partial charge in [0.2, 0.25) is 0 Å². The van der Waals surface area contributed by atoms with E-state index < -0.39 is 0 Å². The third-order valence-electron chi connectivity index (χ3n) is 1.71. The first-order chi connectivity index (χ1) is 6.22. The number of thiophene rings is 1. The van der Waals surface area contributed by atoms with Crippen molar-refractivity contribution in [1.29, 1.82) is 0 Å². The van der Waals surface area contributed by atoms with Crippen LogP contribution in [0.1, 0.15) is 5.69 Å². The molecule has 0 amide bonds. The van der Waals surface area contributed by atoms with Gasteiger partial charge in [0.05, 0.1) is 0 Å². The predicted octanol–water partition coefficient (Wildman–Crippen LogP) is -0.458. The molecule has 2 nitrogen and oxygen atoms in total. The van der Waals surface area contributed by atoms with Gasteiger partial charge in [-0.15, -0.1) is 0 Å². The summed E-state index contributed by atoms with van der Waals surface area (Å²) in [5.74, 6) is 0. The monoisotopic (exact) mass is 325 g/mol. The summed E-state index contributed by atoms with van der Waals surface area (Å²) < 4.78 is 1.00. The molecule has 0 aromatic carbocycles. The van der Waals surface area contributed by atoms with Gasteiger partial charge in [-0.3, -0.25) is 0 Å². The fourth-order valence-corrected chi connectivity index (χ4v) is 3.64. The summed E-state index contributed by atoms with van der Waals surface area (Å²) in [4.78, 5) is 12.0. The van der Waals surface area contributed by atoms with Crippen molar-refractivity contribution in [1.82, 2.24) is 9.97 Å². The zero-order chi connectivity index (χ0) is 9.42. The second-order valence-electron chi connectivity index (χ2n) is 2.53. The molecular weight excluding hydrogens is 319 g/mol. The van der Waals surface area contributed by atoms with Gasteiger partial charge in [0.15, 0.2) is 0 Å². The number of rotatable bonds is 1. The van der Waals surface area contributed by atoms with E-state index in [1.807, 2.05) is 12.3 Å². The number of halogens is 2. The van der Waals surface area contributed by atoms with Gasteiger partial charge in [0.25, 0.3) is 0 Å². The third-order valence-corrected chi connectivity index (χ3v) is 4.46. The summed E-state index contributed by atoms with van der Waals surface area (Å²) in [6.07, 6.45) is 0. The molecule has 2 heterocycles. The molecule has 0 radical (unpaired) electrons. The molecule has 0 N–H and O–H groups in total. The molecule has 0 aliphatic carbocycles. The second kappa shape index (κ2) is 3.67. The Morgan fingerprint density at radius 3 is 2.92 bits per heavy atom. The van der Waals surface area contributed by atoms with Gasteiger partial charge < -0.3 is 0 Å². The van der Waals surface area contributed by atoms with Crippen molar-refractivity contribution in [3.05, 3.63) is 19.9 Å². The predicted molar refractivity (Wildman–Crippen MR) is 51.8 cm³/mol. The Bertz CT molecular complexity index is 455. The molecule has 0 aliphatic heterocycles. The van der Waals surface area contributed by atoms with E-state index in [0.717, 1.165) is 24.8 Å². The standard InChI is InChI=1S/C8H7ClIN2S/c1-4-6-5(9)3-13-7(6)12-8(10-2)11-4/h3H,1-2H3/q-1. The van der Waals surface area contributed by atoms with E-state index in [4.69, 9.17) is 11.6 Å². The zero-order valence-electron chi connectivity index (χ0n) is 7.14. The fraction of sp³-hybridized carbons (Fsp3) is 0.250. The van der Waals surface area contributed by atoms with E-state index in [2.05, 4.69) is 14.9 Å². The minimum atomic E-state index is -0.0316. The molecule has 0 unspecified atom stereocenters. The normalized spacial score (nSPS) is 11.3. The molecule has 70 valence electrons. The van der Waals surface area contributed by atoms with Crippen LogP contribution in [0.5, 0.6) is 0 Å². The van der Waals surface area contributed by atoms with E-state index in [1.54, 1.807) is 11.3 Å². The molecule has 0 spiro atoms. The van der Waals surface area contributed by atoms with E-state index >= 15 is 0 Å². The van der Waals surface area contributed by atoms with Crippen molar-refractivity contribution >= 4 is 33.2 Å². The maximum absolute atomic E-state index is 6.01. The van der Waals surface area contributed by atoms with E-state index in [0.29, 0.717) is 0 Å². The van der Waals surface area contributed by atoms with E-state index in [9.17, 15) is 0 Å². The topological polar surface area (TPSA) is 25.8 Å². The third kappa shape index (κ3) is 1.67. The Morgan fingerprint density at radius 2 is 2.23 bits per heavy atom. The van der Waals surface area contributed by atoms with Crippen LogP contribution in [-0.4, -0.2) is 14.9 Å². The van der Waals surface area contributed by atoms with Crippen molar-refractivity contribution < 1.29 is 21.2 Å². The molecule has 0 fully saturated rings. The van der Waals surface area contributed by atoms with Gasteiger partial charge in [-0.1, -0.05) is 0 Å². The number of aromatic nitrogens is 2. The Labute approximate surface area is 95.6 Å². The quantitative estimate of drug-likeness (QED) is 0.403. The molecule has 2 aromatic heterocycles. The maximum atomic E-state index is 6.01. The van der Waals surface area contributed by atoms with Crippen molar-refractivity contribution in [2.75, 3.05) is 4.93 Å². The number of hydrogen-bond donors (Lipinski definition) is 0. The Hall–Kier alpha value is 0.0600. The first kappa shape index (κ1) is 9.61. The number of aryl methyl sites for hydroxylation is 1. The summed E-state index contributed by atoms with van der Waals surface area (Å²) in [5, 5.41) is 3.72. The molecule has 0 bridgehead atoms. The average molecular weight is 326 g/mol. The van der Waals surface area contributed by atoms with Gasteiger partial charge in [0.1, 0.15) is 0 Å². The van der Waals surface area contributed by atoms with Crippen LogP contribution in [-0.2, 0) is 0 Å². The zero-order valence-corrected chi connectivity index (χ0v) is 10.9. The molecule has 2 rings (SSSR count). The summed E-state index contributed by atoms with van der Waals surface area (Å²) in [6, 6.07) is 0.